The van der Waals surface area contributed by atoms with E-state index in [1.54, 1.807) is 0 Å². The fraction of sp³-hybridized carbons (Fsp3) is 1.00. The molecule has 1 atom stereocenters. The van der Waals surface area contributed by atoms with Gasteiger partial charge in [-0.15, -0.1) is 0 Å². The number of aliphatic hydroxyl groups excluding tert-OH is 2. The van der Waals surface area contributed by atoms with Crippen molar-refractivity contribution in [1.29, 1.82) is 0 Å². The van der Waals surface area contributed by atoms with Gasteiger partial charge in [-0.2, -0.15) is 11.8 Å². The number of rotatable bonds is 5. The molecule has 0 saturated carbocycles. The van der Waals surface area contributed by atoms with Gasteiger partial charge in [0, 0.05) is 11.8 Å². The minimum atomic E-state index is -0.470. The Kier molecular flexibility index (Phi) is 5.23. The molecule has 0 bridgehead atoms. The maximum Gasteiger partial charge on any atom is 0.0647 e. The molecule has 0 amide bonds. The van der Waals surface area contributed by atoms with Gasteiger partial charge in [0.05, 0.1) is 18.8 Å². The first-order chi connectivity index (χ1) is 6.76. The van der Waals surface area contributed by atoms with Gasteiger partial charge in [-0.25, -0.2) is 0 Å². The van der Waals surface area contributed by atoms with Gasteiger partial charge in [0.25, 0.3) is 0 Å². The molecule has 1 aliphatic rings. The average Bonchev–Trinajstić information content (AvgIpc) is 2.28. The SMILES string of the molecule is CCC(CO)(CO)NC1CCCSC1. The molecular formula is C10H21NO2S. The van der Waals surface area contributed by atoms with Crippen molar-refractivity contribution in [3.05, 3.63) is 0 Å². The van der Waals surface area contributed by atoms with Gasteiger partial charge < -0.3 is 15.5 Å². The largest absolute Gasteiger partial charge is 0.394 e. The van der Waals surface area contributed by atoms with Crippen LogP contribution in [0.4, 0.5) is 0 Å². The van der Waals surface area contributed by atoms with E-state index in [0.29, 0.717) is 6.04 Å². The first kappa shape index (κ1) is 12.3. The minimum absolute atomic E-state index is 0.0150. The number of thioether (sulfide) groups is 1. The van der Waals surface area contributed by atoms with Crippen LogP contribution in [0.5, 0.6) is 0 Å². The monoisotopic (exact) mass is 219 g/mol. The van der Waals surface area contributed by atoms with E-state index >= 15 is 0 Å². The average molecular weight is 219 g/mol. The molecule has 1 saturated heterocycles. The van der Waals surface area contributed by atoms with E-state index in [9.17, 15) is 10.2 Å². The van der Waals surface area contributed by atoms with Crippen molar-refractivity contribution >= 4 is 11.8 Å². The van der Waals surface area contributed by atoms with Gasteiger partial charge in [-0.3, -0.25) is 0 Å². The topological polar surface area (TPSA) is 52.5 Å². The first-order valence-electron chi connectivity index (χ1n) is 5.33. The van der Waals surface area contributed by atoms with Gasteiger partial charge in [-0.1, -0.05) is 6.92 Å². The highest BCUT2D eigenvalue weighted by atomic mass is 32.2. The maximum atomic E-state index is 9.28. The van der Waals surface area contributed by atoms with Crippen LogP contribution in [0.3, 0.4) is 0 Å². The van der Waals surface area contributed by atoms with Crippen LogP contribution < -0.4 is 5.32 Å². The zero-order valence-corrected chi connectivity index (χ0v) is 9.65. The highest BCUT2D eigenvalue weighted by Gasteiger charge is 2.29. The predicted octanol–water partition coefficient (Wildman–Crippen LogP) is 0.605. The Bertz CT molecular complexity index is 148. The predicted molar refractivity (Wildman–Crippen MR) is 60.7 cm³/mol. The molecule has 1 unspecified atom stereocenters. The number of hydrogen-bond donors (Lipinski definition) is 3. The molecule has 3 nitrogen and oxygen atoms in total. The molecule has 4 heteroatoms. The third kappa shape index (κ3) is 3.12. The van der Waals surface area contributed by atoms with E-state index in [-0.39, 0.29) is 13.2 Å². The summed E-state index contributed by atoms with van der Waals surface area (Å²) in [5.41, 5.74) is -0.470. The number of hydrogen-bond acceptors (Lipinski definition) is 4. The standard InChI is InChI=1S/C10H21NO2S/c1-2-10(7-12,8-13)11-9-4-3-5-14-6-9/h9,11-13H,2-8H2,1H3. The number of aliphatic hydroxyl groups is 2. The molecule has 0 aromatic carbocycles. The van der Waals surface area contributed by atoms with Crippen molar-refractivity contribution in [3.8, 4) is 0 Å². The van der Waals surface area contributed by atoms with Gasteiger partial charge in [0.15, 0.2) is 0 Å². The molecule has 1 heterocycles. The second-order valence-corrected chi connectivity index (χ2v) is 5.16. The zero-order chi connectivity index (χ0) is 10.4. The quantitative estimate of drug-likeness (QED) is 0.634. The lowest BCUT2D eigenvalue weighted by atomic mass is 9.96. The molecule has 0 spiro atoms. The fourth-order valence-corrected chi connectivity index (χ4v) is 2.83. The van der Waals surface area contributed by atoms with Crippen molar-refractivity contribution in [2.45, 2.75) is 37.8 Å². The summed E-state index contributed by atoms with van der Waals surface area (Å²) in [5, 5.41) is 22.0. The van der Waals surface area contributed by atoms with Crippen LogP contribution in [0.25, 0.3) is 0 Å². The summed E-state index contributed by atoms with van der Waals surface area (Å²) < 4.78 is 0. The highest BCUT2D eigenvalue weighted by molar-refractivity contribution is 7.99. The summed E-state index contributed by atoms with van der Waals surface area (Å²) in [5.74, 6) is 2.34. The summed E-state index contributed by atoms with van der Waals surface area (Å²) in [6.07, 6.45) is 3.16. The van der Waals surface area contributed by atoms with E-state index in [0.717, 1.165) is 18.6 Å². The Morgan fingerprint density at radius 1 is 1.43 bits per heavy atom. The summed E-state index contributed by atoms with van der Waals surface area (Å²) in [6, 6.07) is 0.452. The third-order valence-corrected chi connectivity index (χ3v) is 4.17. The molecule has 0 radical (unpaired) electrons. The highest BCUT2D eigenvalue weighted by Crippen LogP contribution is 2.20. The van der Waals surface area contributed by atoms with Crippen molar-refractivity contribution in [2.24, 2.45) is 0 Å². The summed E-state index contributed by atoms with van der Waals surface area (Å²) in [6.45, 7) is 2.03. The van der Waals surface area contributed by atoms with E-state index < -0.39 is 5.54 Å². The van der Waals surface area contributed by atoms with Crippen molar-refractivity contribution in [2.75, 3.05) is 24.7 Å². The van der Waals surface area contributed by atoms with Gasteiger partial charge in [0.2, 0.25) is 0 Å². The molecule has 0 aromatic rings. The van der Waals surface area contributed by atoms with Gasteiger partial charge in [-0.05, 0) is 25.0 Å². The molecule has 1 aliphatic heterocycles. The van der Waals surface area contributed by atoms with E-state index in [1.165, 1.54) is 12.2 Å². The summed E-state index contributed by atoms with van der Waals surface area (Å²) in [4.78, 5) is 0. The second-order valence-electron chi connectivity index (χ2n) is 4.01. The lowest BCUT2D eigenvalue weighted by molar-refractivity contribution is 0.0785. The van der Waals surface area contributed by atoms with Gasteiger partial charge in [0.1, 0.15) is 0 Å². The lowest BCUT2D eigenvalue weighted by Gasteiger charge is -2.36. The molecule has 14 heavy (non-hydrogen) atoms. The summed E-state index contributed by atoms with van der Waals surface area (Å²) in [7, 11) is 0. The Hall–Kier alpha value is 0.230. The van der Waals surface area contributed by atoms with E-state index in [2.05, 4.69) is 5.32 Å². The smallest absolute Gasteiger partial charge is 0.0647 e. The van der Waals surface area contributed by atoms with Crippen LogP contribution in [0.1, 0.15) is 26.2 Å². The van der Waals surface area contributed by atoms with Gasteiger partial charge >= 0.3 is 0 Å². The molecule has 0 aliphatic carbocycles. The first-order valence-corrected chi connectivity index (χ1v) is 6.49. The Morgan fingerprint density at radius 3 is 2.57 bits per heavy atom. The van der Waals surface area contributed by atoms with E-state index in [1.807, 2.05) is 18.7 Å². The molecule has 1 rings (SSSR count). The van der Waals surface area contributed by atoms with Crippen molar-refractivity contribution in [3.63, 3.8) is 0 Å². The minimum Gasteiger partial charge on any atom is -0.394 e. The fourth-order valence-electron chi connectivity index (χ4n) is 1.75. The molecule has 1 fully saturated rings. The Balaban J connectivity index is 2.44. The second kappa shape index (κ2) is 5.95. The molecular weight excluding hydrogens is 198 g/mol. The van der Waals surface area contributed by atoms with E-state index in [4.69, 9.17) is 0 Å². The maximum absolute atomic E-state index is 9.28. The summed E-state index contributed by atoms with van der Waals surface area (Å²) >= 11 is 1.95. The molecule has 84 valence electrons. The van der Waals surface area contributed by atoms with Crippen LogP contribution in [0.2, 0.25) is 0 Å². The number of nitrogens with one attached hydrogen (secondary N) is 1. The Labute approximate surface area is 90.3 Å². The van der Waals surface area contributed by atoms with Crippen LogP contribution in [-0.4, -0.2) is 46.5 Å². The molecule has 3 N–H and O–H groups in total. The van der Waals surface area contributed by atoms with Crippen LogP contribution in [-0.2, 0) is 0 Å². The van der Waals surface area contributed by atoms with Crippen LogP contribution in [0, 0.1) is 0 Å². The van der Waals surface area contributed by atoms with Crippen molar-refractivity contribution < 1.29 is 10.2 Å². The van der Waals surface area contributed by atoms with Crippen LogP contribution >= 0.6 is 11.8 Å². The lowest BCUT2D eigenvalue weighted by Crippen LogP contribution is -2.56. The van der Waals surface area contributed by atoms with Crippen LogP contribution in [0.15, 0.2) is 0 Å². The Morgan fingerprint density at radius 2 is 2.14 bits per heavy atom. The normalized spacial score (nSPS) is 23.8. The molecule has 0 aromatic heterocycles. The zero-order valence-electron chi connectivity index (χ0n) is 8.83. The third-order valence-electron chi connectivity index (χ3n) is 2.95. The van der Waals surface area contributed by atoms with Crippen molar-refractivity contribution in [1.82, 2.24) is 5.32 Å².